The molecule has 26 heavy (non-hydrogen) atoms. The van der Waals surface area contributed by atoms with Crippen molar-refractivity contribution in [3.05, 3.63) is 77.5 Å². The average molecular weight is 368 g/mol. The largest absolute Gasteiger partial charge is 0.340 e. The molecule has 0 aliphatic carbocycles. The van der Waals surface area contributed by atoms with Crippen LogP contribution in [0.25, 0.3) is 0 Å². The van der Waals surface area contributed by atoms with Gasteiger partial charge in [-0.2, -0.15) is 0 Å². The van der Waals surface area contributed by atoms with Gasteiger partial charge in [-0.25, -0.2) is 9.97 Å². The van der Waals surface area contributed by atoms with E-state index in [2.05, 4.69) is 20.3 Å². The molecule has 1 N–H and O–H groups in total. The van der Waals surface area contributed by atoms with Crippen LogP contribution in [0, 0.1) is 0 Å². The first-order valence-electron chi connectivity index (χ1n) is 8.11. The summed E-state index contributed by atoms with van der Waals surface area (Å²) in [5.41, 5.74) is 2.29. The van der Waals surface area contributed by atoms with E-state index in [0.717, 1.165) is 17.7 Å². The number of aromatic nitrogens is 3. The number of hydrogen-bond acceptors (Lipinski definition) is 5. The second-order valence-corrected chi connectivity index (χ2v) is 6.19. The number of rotatable bonds is 6. The second kappa shape index (κ2) is 8.40. The van der Waals surface area contributed by atoms with Gasteiger partial charge in [0.15, 0.2) is 0 Å². The molecule has 2 heterocycles. The van der Waals surface area contributed by atoms with Crippen LogP contribution in [0.2, 0.25) is 5.02 Å². The summed E-state index contributed by atoms with van der Waals surface area (Å²) in [7, 11) is 1.76. The van der Waals surface area contributed by atoms with E-state index in [0.29, 0.717) is 23.1 Å². The molecule has 0 saturated heterocycles. The van der Waals surface area contributed by atoms with Crippen molar-refractivity contribution in [3.8, 4) is 0 Å². The molecule has 6 nitrogen and oxygen atoms in total. The van der Waals surface area contributed by atoms with Crippen molar-refractivity contribution in [2.24, 2.45) is 0 Å². The van der Waals surface area contributed by atoms with Crippen LogP contribution in [-0.4, -0.2) is 39.4 Å². The minimum absolute atomic E-state index is 0.162. The Morgan fingerprint density at radius 3 is 2.46 bits per heavy atom. The molecule has 3 rings (SSSR count). The summed E-state index contributed by atoms with van der Waals surface area (Å²) in [6.07, 6.45) is 7.26. The first-order chi connectivity index (χ1) is 12.6. The standard InChI is InChI=1S/C19H18ClN5O/c1-25(11-8-14-6-9-21-10-7-14)19(26)17-12-23-18(13-22-17)24-16-4-2-15(20)3-5-16/h2-7,9-10,12-13H,8,11H2,1H3,(H,23,24). The van der Waals surface area contributed by atoms with Gasteiger partial charge in [-0.15, -0.1) is 0 Å². The molecule has 0 radical (unpaired) electrons. The van der Waals surface area contributed by atoms with Crippen LogP contribution < -0.4 is 5.32 Å². The minimum atomic E-state index is -0.162. The van der Waals surface area contributed by atoms with Gasteiger partial charge in [0.1, 0.15) is 11.5 Å². The molecule has 0 bridgehead atoms. The smallest absolute Gasteiger partial charge is 0.273 e. The lowest BCUT2D eigenvalue weighted by molar-refractivity contribution is 0.0790. The van der Waals surface area contributed by atoms with E-state index < -0.39 is 0 Å². The number of nitrogens with zero attached hydrogens (tertiary/aromatic N) is 4. The maximum Gasteiger partial charge on any atom is 0.273 e. The third-order valence-corrected chi connectivity index (χ3v) is 4.07. The summed E-state index contributed by atoms with van der Waals surface area (Å²) in [4.78, 5) is 26.5. The fourth-order valence-electron chi connectivity index (χ4n) is 2.33. The Kier molecular flexibility index (Phi) is 5.76. The first-order valence-corrected chi connectivity index (χ1v) is 8.48. The number of carbonyl (C=O) groups excluding carboxylic acids is 1. The van der Waals surface area contributed by atoms with Crippen molar-refractivity contribution in [2.45, 2.75) is 6.42 Å². The molecule has 7 heteroatoms. The molecule has 0 spiro atoms. The van der Waals surface area contributed by atoms with Crippen LogP contribution in [0.4, 0.5) is 11.5 Å². The Hall–Kier alpha value is -2.99. The second-order valence-electron chi connectivity index (χ2n) is 5.75. The highest BCUT2D eigenvalue weighted by Crippen LogP contribution is 2.17. The van der Waals surface area contributed by atoms with Gasteiger partial charge in [0.25, 0.3) is 5.91 Å². The number of pyridine rings is 1. The number of nitrogens with one attached hydrogen (secondary N) is 1. The fraction of sp³-hybridized carbons (Fsp3) is 0.158. The van der Waals surface area contributed by atoms with Crippen LogP contribution in [0.5, 0.6) is 0 Å². The summed E-state index contributed by atoms with van der Waals surface area (Å²) in [5.74, 6) is 0.396. The van der Waals surface area contributed by atoms with Crippen LogP contribution in [0.3, 0.4) is 0 Å². The quantitative estimate of drug-likeness (QED) is 0.721. The SMILES string of the molecule is CN(CCc1ccncc1)C(=O)c1cnc(Nc2ccc(Cl)cc2)cn1. The zero-order valence-electron chi connectivity index (χ0n) is 14.3. The van der Waals surface area contributed by atoms with E-state index in [1.807, 2.05) is 24.3 Å². The molecule has 0 aliphatic rings. The summed E-state index contributed by atoms with van der Waals surface area (Å²) in [6.45, 7) is 0.593. The maximum atomic E-state index is 12.4. The third kappa shape index (κ3) is 4.77. The number of carbonyl (C=O) groups is 1. The summed E-state index contributed by atoms with van der Waals surface area (Å²) < 4.78 is 0. The molecule has 1 amide bonds. The number of anilines is 2. The normalized spacial score (nSPS) is 10.4. The Labute approximate surface area is 156 Å². The lowest BCUT2D eigenvalue weighted by Crippen LogP contribution is -2.29. The van der Waals surface area contributed by atoms with E-state index in [-0.39, 0.29) is 5.91 Å². The van der Waals surface area contributed by atoms with Gasteiger partial charge in [0.2, 0.25) is 0 Å². The number of likely N-dealkylation sites (N-methyl/N-ethyl adjacent to an activating group) is 1. The summed E-state index contributed by atoms with van der Waals surface area (Å²) in [5, 5.41) is 3.77. The van der Waals surface area contributed by atoms with Crippen molar-refractivity contribution in [1.29, 1.82) is 0 Å². The lowest BCUT2D eigenvalue weighted by Gasteiger charge is -2.16. The summed E-state index contributed by atoms with van der Waals surface area (Å²) in [6, 6.07) is 11.1. The molecule has 0 fully saturated rings. The minimum Gasteiger partial charge on any atom is -0.340 e. The number of halogens is 1. The molecule has 0 unspecified atom stereocenters. The van der Waals surface area contributed by atoms with Crippen LogP contribution in [-0.2, 0) is 6.42 Å². The lowest BCUT2D eigenvalue weighted by atomic mass is 10.2. The Morgan fingerprint density at radius 1 is 1.08 bits per heavy atom. The highest BCUT2D eigenvalue weighted by atomic mass is 35.5. The number of hydrogen-bond donors (Lipinski definition) is 1. The Morgan fingerprint density at radius 2 is 1.81 bits per heavy atom. The zero-order valence-corrected chi connectivity index (χ0v) is 15.0. The van der Waals surface area contributed by atoms with Crippen molar-refractivity contribution < 1.29 is 4.79 Å². The van der Waals surface area contributed by atoms with E-state index in [1.165, 1.54) is 6.20 Å². The van der Waals surface area contributed by atoms with E-state index >= 15 is 0 Å². The van der Waals surface area contributed by atoms with Gasteiger partial charge >= 0.3 is 0 Å². The molecule has 0 aliphatic heterocycles. The van der Waals surface area contributed by atoms with E-state index in [1.54, 1.807) is 42.7 Å². The van der Waals surface area contributed by atoms with Gasteiger partial charge in [0, 0.05) is 36.7 Å². The van der Waals surface area contributed by atoms with Crippen LogP contribution >= 0.6 is 11.6 Å². The zero-order chi connectivity index (χ0) is 18.4. The highest BCUT2D eigenvalue weighted by Gasteiger charge is 2.13. The molecule has 0 saturated carbocycles. The predicted octanol–water partition coefficient (Wildman–Crippen LogP) is 3.58. The molecule has 2 aromatic heterocycles. The first kappa shape index (κ1) is 17.8. The highest BCUT2D eigenvalue weighted by molar-refractivity contribution is 6.30. The number of amides is 1. The monoisotopic (exact) mass is 367 g/mol. The van der Waals surface area contributed by atoms with E-state index in [9.17, 15) is 4.79 Å². The van der Waals surface area contributed by atoms with Gasteiger partial charge in [-0.1, -0.05) is 11.6 Å². The van der Waals surface area contributed by atoms with Crippen molar-refractivity contribution >= 4 is 29.0 Å². The van der Waals surface area contributed by atoms with Gasteiger partial charge in [-0.3, -0.25) is 9.78 Å². The topological polar surface area (TPSA) is 71.0 Å². The molecule has 0 atom stereocenters. The van der Waals surface area contributed by atoms with Crippen LogP contribution in [0.1, 0.15) is 16.1 Å². The summed E-state index contributed by atoms with van der Waals surface area (Å²) >= 11 is 5.86. The van der Waals surface area contributed by atoms with Gasteiger partial charge in [0.05, 0.1) is 12.4 Å². The van der Waals surface area contributed by atoms with E-state index in [4.69, 9.17) is 11.6 Å². The Bertz CT molecular complexity index is 853. The van der Waals surface area contributed by atoms with Crippen molar-refractivity contribution in [1.82, 2.24) is 19.9 Å². The number of benzene rings is 1. The van der Waals surface area contributed by atoms with Gasteiger partial charge < -0.3 is 10.2 Å². The fourth-order valence-corrected chi connectivity index (χ4v) is 2.45. The molecular weight excluding hydrogens is 350 g/mol. The Balaban J connectivity index is 1.58. The van der Waals surface area contributed by atoms with Crippen molar-refractivity contribution in [2.75, 3.05) is 18.9 Å². The van der Waals surface area contributed by atoms with Crippen molar-refractivity contribution in [3.63, 3.8) is 0 Å². The average Bonchev–Trinajstić information content (AvgIpc) is 2.69. The maximum absolute atomic E-state index is 12.4. The molecule has 1 aromatic carbocycles. The van der Waals surface area contributed by atoms with Gasteiger partial charge in [-0.05, 0) is 48.4 Å². The predicted molar refractivity (Wildman–Crippen MR) is 102 cm³/mol. The third-order valence-electron chi connectivity index (χ3n) is 3.82. The van der Waals surface area contributed by atoms with Crippen LogP contribution in [0.15, 0.2) is 61.2 Å². The molecular formula is C19H18ClN5O. The molecule has 3 aromatic rings. The molecule has 132 valence electrons.